The van der Waals surface area contributed by atoms with Gasteiger partial charge in [0, 0.05) is 6.54 Å². The molecule has 2 N–H and O–H groups in total. The normalized spacial score (nSPS) is 24.9. The van der Waals surface area contributed by atoms with Crippen molar-refractivity contribution in [2.24, 2.45) is 23.0 Å². The van der Waals surface area contributed by atoms with Crippen molar-refractivity contribution < 1.29 is 9.53 Å². The molecule has 0 aromatic rings. The second-order valence-corrected chi connectivity index (χ2v) is 5.93. The molecule has 0 spiro atoms. The Morgan fingerprint density at radius 1 is 1.33 bits per heavy atom. The second kappa shape index (κ2) is 7.13. The first-order valence-corrected chi connectivity index (χ1v) is 7.45. The molecule has 0 aromatic carbocycles. The largest absolute Gasteiger partial charge is 0.465 e. The fourth-order valence-corrected chi connectivity index (χ4v) is 2.97. The minimum atomic E-state index is -0.458. The van der Waals surface area contributed by atoms with Gasteiger partial charge >= 0.3 is 5.97 Å². The number of carbonyl (C=O) groups excluding carboxylic acids is 1. The zero-order valence-corrected chi connectivity index (χ0v) is 12.2. The molecule has 0 aliphatic heterocycles. The molecule has 2 atom stereocenters. The summed E-state index contributed by atoms with van der Waals surface area (Å²) >= 11 is 0. The summed E-state index contributed by atoms with van der Waals surface area (Å²) in [7, 11) is 0. The van der Waals surface area contributed by atoms with Crippen LogP contribution in [0.25, 0.3) is 0 Å². The highest BCUT2D eigenvalue weighted by molar-refractivity contribution is 5.77. The average Bonchev–Trinajstić information content (AvgIpc) is 2.39. The monoisotopic (exact) mass is 255 g/mol. The van der Waals surface area contributed by atoms with Crippen molar-refractivity contribution in [3.63, 3.8) is 0 Å². The van der Waals surface area contributed by atoms with Crippen molar-refractivity contribution >= 4 is 5.97 Å². The summed E-state index contributed by atoms with van der Waals surface area (Å²) in [6.45, 7) is 7.29. The Morgan fingerprint density at radius 3 is 2.50 bits per heavy atom. The quantitative estimate of drug-likeness (QED) is 0.742. The maximum Gasteiger partial charge on any atom is 0.313 e. The van der Waals surface area contributed by atoms with Crippen molar-refractivity contribution in [2.75, 3.05) is 13.2 Å². The Morgan fingerprint density at radius 2 is 2.00 bits per heavy atom. The van der Waals surface area contributed by atoms with Crippen molar-refractivity contribution in [2.45, 2.75) is 59.3 Å². The van der Waals surface area contributed by atoms with Crippen LogP contribution in [0.5, 0.6) is 0 Å². The molecule has 0 amide bonds. The molecule has 1 saturated carbocycles. The maximum atomic E-state index is 12.2. The van der Waals surface area contributed by atoms with Gasteiger partial charge in [-0.05, 0) is 37.5 Å². The van der Waals surface area contributed by atoms with E-state index in [-0.39, 0.29) is 5.97 Å². The minimum Gasteiger partial charge on any atom is -0.465 e. The zero-order chi connectivity index (χ0) is 13.6. The van der Waals surface area contributed by atoms with Crippen LogP contribution >= 0.6 is 0 Å². The van der Waals surface area contributed by atoms with E-state index >= 15 is 0 Å². The topological polar surface area (TPSA) is 52.3 Å². The highest BCUT2D eigenvalue weighted by atomic mass is 16.5. The van der Waals surface area contributed by atoms with Gasteiger partial charge in [-0.3, -0.25) is 4.79 Å². The van der Waals surface area contributed by atoms with Crippen molar-refractivity contribution in [1.29, 1.82) is 0 Å². The number of ether oxygens (including phenoxy) is 1. The summed E-state index contributed by atoms with van der Waals surface area (Å²) in [6.07, 6.45) is 6.51. The van der Waals surface area contributed by atoms with Gasteiger partial charge in [-0.15, -0.1) is 0 Å². The van der Waals surface area contributed by atoms with Crippen LogP contribution in [-0.2, 0) is 9.53 Å². The molecule has 1 rings (SSSR count). The number of hydrogen-bond donors (Lipinski definition) is 1. The fourth-order valence-electron chi connectivity index (χ4n) is 2.97. The molecule has 1 aliphatic rings. The van der Waals surface area contributed by atoms with Crippen LogP contribution in [-0.4, -0.2) is 19.1 Å². The lowest BCUT2D eigenvalue weighted by molar-refractivity contribution is -0.157. The van der Waals surface area contributed by atoms with Gasteiger partial charge < -0.3 is 10.5 Å². The van der Waals surface area contributed by atoms with Gasteiger partial charge in [-0.2, -0.15) is 0 Å². The Balaban J connectivity index is 2.44. The first-order valence-electron chi connectivity index (χ1n) is 7.45. The molecule has 0 heterocycles. The molecular weight excluding hydrogens is 226 g/mol. The van der Waals surface area contributed by atoms with E-state index in [1.165, 1.54) is 25.7 Å². The van der Waals surface area contributed by atoms with Crippen LogP contribution in [0.4, 0.5) is 0 Å². The van der Waals surface area contributed by atoms with Crippen LogP contribution in [0.15, 0.2) is 0 Å². The summed E-state index contributed by atoms with van der Waals surface area (Å²) in [5, 5.41) is 0. The van der Waals surface area contributed by atoms with E-state index in [9.17, 15) is 4.79 Å². The molecule has 3 heteroatoms. The maximum absolute atomic E-state index is 12.2. The third-order valence-electron chi connectivity index (χ3n) is 4.67. The molecular formula is C15H29NO2. The third kappa shape index (κ3) is 3.71. The van der Waals surface area contributed by atoms with E-state index in [4.69, 9.17) is 10.5 Å². The van der Waals surface area contributed by atoms with Gasteiger partial charge in [0.2, 0.25) is 0 Å². The standard InChI is InChI=1S/C15H29NO2/c1-4-15(5-2,11-16)14(17)18-10-13-8-6-7-12(3)9-13/h12-13H,4-11,16H2,1-3H3. The fraction of sp³-hybridized carbons (Fsp3) is 0.933. The van der Waals surface area contributed by atoms with Crippen LogP contribution in [0.1, 0.15) is 59.3 Å². The van der Waals surface area contributed by atoms with Gasteiger partial charge in [0.25, 0.3) is 0 Å². The lowest BCUT2D eigenvalue weighted by Gasteiger charge is -2.30. The third-order valence-corrected chi connectivity index (χ3v) is 4.67. The van der Waals surface area contributed by atoms with Crippen molar-refractivity contribution in [3.05, 3.63) is 0 Å². The van der Waals surface area contributed by atoms with Crippen LogP contribution < -0.4 is 5.73 Å². The molecule has 0 aromatic heterocycles. The van der Waals surface area contributed by atoms with E-state index in [0.29, 0.717) is 19.1 Å². The van der Waals surface area contributed by atoms with Gasteiger partial charge in [-0.1, -0.05) is 33.6 Å². The van der Waals surface area contributed by atoms with E-state index in [0.717, 1.165) is 18.8 Å². The first-order chi connectivity index (χ1) is 8.57. The summed E-state index contributed by atoms with van der Waals surface area (Å²) < 4.78 is 5.55. The van der Waals surface area contributed by atoms with E-state index in [2.05, 4.69) is 6.92 Å². The summed E-state index contributed by atoms with van der Waals surface area (Å²) in [4.78, 5) is 12.2. The summed E-state index contributed by atoms with van der Waals surface area (Å²) in [6, 6.07) is 0. The Bertz CT molecular complexity index is 253. The predicted molar refractivity (Wildman–Crippen MR) is 74.2 cm³/mol. The SMILES string of the molecule is CCC(CC)(CN)C(=O)OCC1CCCC(C)C1. The molecule has 3 nitrogen and oxygen atoms in total. The Kier molecular flexibility index (Phi) is 6.13. The average molecular weight is 255 g/mol. The number of nitrogens with two attached hydrogens (primary N) is 1. The predicted octanol–water partition coefficient (Wildman–Crippen LogP) is 3.12. The number of hydrogen-bond acceptors (Lipinski definition) is 3. The molecule has 106 valence electrons. The van der Waals surface area contributed by atoms with Gasteiger partial charge in [0.1, 0.15) is 0 Å². The van der Waals surface area contributed by atoms with Crippen molar-refractivity contribution in [3.8, 4) is 0 Å². The summed E-state index contributed by atoms with van der Waals surface area (Å²) in [5.41, 5.74) is 5.30. The molecule has 2 unspecified atom stereocenters. The lowest BCUT2D eigenvalue weighted by atomic mass is 9.81. The van der Waals surface area contributed by atoms with E-state index in [1.807, 2.05) is 13.8 Å². The Hall–Kier alpha value is -0.570. The molecule has 1 aliphatic carbocycles. The molecule has 0 saturated heterocycles. The van der Waals surface area contributed by atoms with Crippen molar-refractivity contribution in [1.82, 2.24) is 0 Å². The molecule has 1 fully saturated rings. The number of rotatable bonds is 6. The van der Waals surface area contributed by atoms with Crippen LogP contribution in [0.3, 0.4) is 0 Å². The number of carbonyl (C=O) groups is 1. The van der Waals surface area contributed by atoms with Gasteiger partial charge in [0.15, 0.2) is 0 Å². The minimum absolute atomic E-state index is 0.0896. The zero-order valence-electron chi connectivity index (χ0n) is 12.2. The molecule has 0 radical (unpaired) electrons. The highest BCUT2D eigenvalue weighted by Crippen LogP contribution is 2.31. The van der Waals surface area contributed by atoms with Gasteiger partial charge in [-0.25, -0.2) is 0 Å². The van der Waals surface area contributed by atoms with Gasteiger partial charge in [0.05, 0.1) is 12.0 Å². The highest BCUT2D eigenvalue weighted by Gasteiger charge is 2.35. The van der Waals surface area contributed by atoms with Crippen LogP contribution in [0.2, 0.25) is 0 Å². The lowest BCUT2D eigenvalue weighted by Crippen LogP contribution is -2.39. The summed E-state index contributed by atoms with van der Waals surface area (Å²) in [5.74, 6) is 1.24. The van der Waals surface area contributed by atoms with Crippen LogP contribution in [0, 0.1) is 17.3 Å². The second-order valence-electron chi connectivity index (χ2n) is 5.93. The number of esters is 1. The smallest absolute Gasteiger partial charge is 0.313 e. The Labute approximate surface area is 111 Å². The molecule has 0 bridgehead atoms. The van der Waals surface area contributed by atoms with E-state index in [1.54, 1.807) is 0 Å². The first kappa shape index (κ1) is 15.5. The molecule has 18 heavy (non-hydrogen) atoms. The van der Waals surface area contributed by atoms with E-state index < -0.39 is 5.41 Å².